The van der Waals surface area contributed by atoms with Crippen molar-refractivity contribution >= 4 is 5.91 Å². The zero-order valence-electron chi connectivity index (χ0n) is 12.8. The summed E-state index contributed by atoms with van der Waals surface area (Å²) < 4.78 is 40.0. The molecule has 0 saturated carbocycles. The summed E-state index contributed by atoms with van der Waals surface area (Å²) in [5.74, 6) is -7.49. The van der Waals surface area contributed by atoms with Crippen molar-refractivity contribution in [3.05, 3.63) is 65.0 Å². The SMILES string of the molecule is C[C@H](NC(=O)c1cc(F)c(F)c(O)c1F)[C@@H](O)Cc1ccccc1. The van der Waals surface area contributed by atoms with Crippen LogP contribution in [0, 0.1) is 17.5 Å². The van der Waals surface area contributed by atoms with Gasteiger partial charge in [-0.3, -0.25) is 4.79 Å². The van der Waals surface area contributed by atoms with Crippen LogP contribution in [-0.2, 0) is 6.42 Å². The van der Waals surface area contributed by atoms with Crippen molar-refractivity contribution in [2.24, 2.45) is 0 Å². The molecule has 3 N–H and O–H groups in total. The number of halogens is 3. The average Bonchev–Trinajstić information content (AvgIpc) is 2.56. The van der Waals surface area contributed by atoms with Gasteiger partial charge in [-0.2, -0.15) is 4.39 Å². The van der Waals surface area contributed by atoms with Gasteiger partial charge in [0.05, 0.1) is 17.7 Å². The first-order valence-electron chi connectivity index (χ1n) is 7.20. The largest absolute Gasteiger partial charge is 0.503 e. The Morgan fingerprint density at radius 3 is 2.42 bits per heavy atom. The van der Waals surface area contributed by atoms with E-state index in [1.807, 2.05) is 6.07 Å². The summed E-state index contributed by atoms with van der Waals surface area (Å²) in [6, 6.07) is 8.58. The highest BCUT2D eigenvalue weighted by atomic mass is 19.2. The Balaban J connectivity index is 2.09. The van der Waals surface area contributed by atoms with Crippen molar-refractivity contribution in [3.8, 4) is 5.75 Å². The number of carbonyl (C=O) groups is 1. The van der Waals surface area contributed by atoms with Gasteiger partial charge in [0.25, 0.3) is 5.91 Å². The molecule has 2 atom stereocenters. The van der Waals surface area contributed by atoms with Gasteiger partial charge in [-0.05, 0) is 18.6 Å². The smallest absolute Gasteiger partial charge is 0.254 e. The number of hydrogen-bond acceptors (Lipinski definition) is 3. The normalized spacial score (nSPS) is 13.4. The predicted molar refractivity (Wildman–Crippen MR) is 81.1 cm³/mol. The second kappa shape index (κ2) is 7.35. The highest BCUT2D eigenvalue weighted by molar-refractivity contribution is 5.95. The number of aliphatic hydroxyl groups is 1. The minimum atomic E-state index is -1.76. The number of rotatable bonds is 5. The average molecular weight is 339 g/mol. The van der Waals surface area contributed by atoms with Gasteiger partial charge < -0.3 is 15.5 Å². The van der Waals surface area contributed by atoms with Gasteiger partial charge in [0.15, 0.2) is 17.4 Å². The van der Waals surface area contributed by atoms with Crippen molar-refractivity contribution < 1.29 is 28.2 Å². The second-order valence-corrected chi connectivity index (χ2v) is 5.40. The van der Waals surface area contributed by atoms with Crippen LogP contribution in [0.2, 0.25) is 0 Å². The quantitative estimate of drug-likeness (QED) is 0.733. The van der Waals surface area contributed by atoms with E-state index < -0.39 is 46.8 Å². The number of nitrogens with one attached hydrogen (secondary N) is 1. The van der Waals surface area contributed by atoms with Crippen LogP contribution in [0.1, 0.15) is 22.8 Å². The summed E-state index contributed by atoms with van der Waals surface area (Å²) in [6.45, 7) is 1.49. The highest BCUT2D eigenvalue weighted by Crippen LogP contribution is 2.25. The molecular formula is C17H16F3NO3. The maximum Gasteiger partial charge on any atom is 0.254 e. The van der Waals surface area contributed by atoms with Crippen molar-refractivity contribution in [2.75, 3.05) is 0 Å². The number of hydrogen-bond donors (Lipinski definition) is 3. The fourth-order valence-electron chi connectivity index (χ4n) is 2.17. The zero-order chi connectivity index (χ0) is 17.9. The Labute approximate surface area is 136 Å². The minimum absolute atomic E-state index is 0.244. The number of phenolic OH excluding ortho intramolecular Hbond substituents is 1. The van der Waals surface area contributed by atoms with Crippen LogP contribution in [0.5, 0.6) is 5.75 Å². The van der Waals surface area contributed by atoms with Crippen molar-refractivity contribution in [3.63, 3.8) is 0 Å². The van der Waals surface area contributed by atoms with E-state index in [0.29, 0.717) is 6.07 Å². The highest BCUT2D eigenvalue weighted by Gasteiger charge is 2.25. The molecule has 2 aromatic rings. The number of benzene rings is 2. The molecule has 128 valence electrons. The summed E-state index contributed by atoms with van der Waals surface area (Å²) in [5.41, 5.74) is -0.00656. The summed E-state index contributed by atoms with van der Waals surface area (Å²) in [4.78, 5) is 12.0. The van der Waals surface area contributed by atoms with Crippen LogP contribution in [-0.4, -0.2) is 28.3 Å². The maximum absolute atomic E-state index is 13.7. The summed E-state index contributed by atoms with van der Waals surface area (Å²) in [5, 5.41) is 21.5. The first-order valence-corrected chi connectivity index (χ1v) is 7.20. The number of phenols is 1. The van der Waals surface area contributed by atoms with Gasteiger partial charge in [-0.1, -0.05) is 30.3 Å². The molecule has 2 aromatic carbocycles. The summed E-state index contributed by atoms with van der Waals surface area (Å²) in [7, 11) is 0. The molecule has 0 radical (unpaired) electrons. The van der Waals surface area contributed by atoms with Crippen LogP contribution in [0.25, 0.3) is 0 Å². The maximum atomic E-state index is 13.7. The van der Waals surface area contributed by atoms with Crippen LogP contribution in [0.4, 0.5) is 13.2 Å². The molecule has 4 nitrogen and oxygen atoms in total. The third kappa shape index (κ3) is 3.86. The Morgan fingerprint density at radius 2 is 1.79 bits per heavy atom. The first kappa shape index (κ1) is 17.8. The molecule has 0 heterocycles. The topological polar surface area (TPSA) is 69.6 Å². The minimum Gasteiger partial charge on any atom is -0.503 e. The summed E-state index contributed by atoms with van der Waals surface area (Å²) in [6.07, 6.45) is -0.730. The fourth-order valence-corrected chi connectivity index (χ4v) is 2.17. The lowest BCUT2D eigenvalue weighted by molar-refractivity contribution is 0.0846. The van der Waals surface area contributed by atoms with E-state index in [-0.39, 0.29) is 6.42 Å². The number of aliphatic hydroxyl groups excluding tert-OH is 1. The molecular weight excluding hydrogens is 323 g/mol. The molecule has 0 unspecified atom stereocenters. The molecule has 1 amide bonds. The van der Waals surface area contributed by atoms with Crippen molar-refractivity contribution in [1.82, 2.24) is 5.32 Å². The van der Waals surface area contributed by atoms with Crippen molar-refractivity contribution in [1.29, 1.82) is 0 Å². The Bertz CT molecular complexity index is 738. The molecule has 0 fully saturated rings. The van der Waals surface area contributed by atoms with Crippen LogP contribution in [0.3, 0.4) is 0 Å². The van der Waals surface area contributed by atoms with Gasteiger partial charge in [0.2, 0.25) is 5.82 Å². The number of carbonyl (C=O) groups excluding carboxylic acids is 1. The first-order chi connectivity index (χ1) is 11.3. The Hall–Kier alpha value is -2.54. The lowest BCUT2D eigenvalue weighted by atomic mass is 10.0. The predicted octanol–water partition coefficient (Wildman–Crippen LogP) is 2.53. The van der Waals surface area contributed by atoms with E-state index in [0.717, 1.165) is 5.56 Å². The molecule has 0 aliphatic carbocycles. The van der Waals surface area contributed by atoms with Gasteiger partial charge in [0, 0.05) is 6.42 Å². The second-order valence-electron chi connectivity index (χ2n) is 5.40. The fraction of sp³-hybridized carbons (Fsp3) is 0.235. The standard InChI is InChI=1S/C17H16F3NO3/c1-9(13(22)7-10-5-3-2-4-6-10)21-17(24)11-8-12(18)15(20)16(23)14(11)19/h2-6,8-9,13,22-23H,7H2,1H3,(H,21,24)/t9-,13-/m0/s1. The zero-order valence-corrected chi connectivity index (χ0v) is 12.8. The van der Waals surface area contributed by atoms with E-state index >= 15 is 0 Å². The number of aromatic hydroxyl groups is 1. The molecule has 0 aliphatic rings. The molecule has 0 saturated heterocycles. The molecule has 24 heavy (non-hydrogen) atoms. The third-order valence-electron chi connectivity index (χ3n) is 3.60. The van der Waals surface area contributed by atoms with Gasteiger partial charge in [0.1, 0.15) is 0 Å². The Kier molecular flexibility index (Phi) is 5.46. The van der Waals surface area contributed by atoms with Gasteiger partial charge in [-0.25, -0.2) is 8.78 Å². The van der Waals surface area contributed by atoms with Crippen LogP contribution in [0.15, 0.2) is 36.4 Å². The number of amides is 1. The van der Waals surface area contributed by atoms with E-state index in [1.54, 1.807) is 24.3 Å². The molecule has 0 aromatic heterocycles. The summed E-state index contributed by atoms with van der Waals surface area (Å²) >= 11 is 0. The molecule has 0 bridgehead atoms. The van der Waals surface area contributed by atoms with E-state index in [4.69, 9.17) is 5.11 Å². The van der Waals surface area contributed by atoms with E-state index in [2.05, 4.69) is 5.32 Å². The monoisotopic (exact) mass is 339 g/mol. The van der Waals surface area contributed by atoms with Crippen LogP contribution >= 0.6 is 0 Å². The molecule has 2 rings (SSSR count). The van der Waals surface area contributed by atoms with Crippen LogP contribution < -0.4 is 5.32 Å². The van der Waals surface area contributed by atoms with Gasteiger partial charge >= 0.3 is 0 Å². The molecule has 0 aliphatic heterocycles. The van der Waals surface area contributed by atoms with Gasteiger partial charge in [-0.15, -0.1) is 0 Å². The lowest BCUT2D eigenvalue weighted by Crippen LogP contribution is -2.42. The van der Waals surface area contributed by atoms with E-state index in [9.17, 15) is 23.1 Å². The lowest BCUT2D eigenvalue weighted by Gasteiger charge is -2.20. The van der Waals surface area contributed by atoms with Crippen molar-refractivity contribution in [2.45, 2.75) is 25.5 Å². The Morgan fingerprint density at radius 1 is 1.17 bits per heavy atom. The third-order valence-corrected chi connectivity index (χ3v) is 3.60. The molecule has 0 spiro atoms. The van der Waals surface area contributed by atoms with E-state index in [1.165, 1.54) is 6.92 Å². The molecule has 7 heteroatoms.